The lowest BCUT2D eigenvalue weighted by molar-refractivity contribution is 0.171. The number of hydrogen-bond acceptors (Lipinski definition) is 1. The van der Waals surface area contributed by atoms with Crippen molar-refractivity contribution in [2.45, 2.75) is 70.1 Å². The van der Waals surface area contributed by atoms with Crippen molar-refractivity contribution in [1.29, 1.82) is 0 Å². The summed E-state index contributed by atoms with van der Waals surface area (Å²) in [6, 6.07) is 3.08. The van der Waals surface area contributed by atoms with Gasteiger partial charge in [-0.1, -0.05) is 6.08 Å². The first-order valence-electron chi connectivity index (χ1n) is 10.3. The Morgan fingerprint density at radius 1 is 0.923 bits per heavy atom. The summed E-state index contributed by atoms with van der Waals surface area (Å²) >= 11 is 0. The van der Waals surface area contributed by atoms with Crippen molar-refractivity contribution in [3.63, 3.8) is 0 Å². The van der Waals surface area contributed by atoms with Crippen LogP contribution in [0.3, 0.4) is 0 Å². The monoisotopic (exact) mass is 362 g/mol. The molecule has 0 heterocycles. The highest BCUT2D eigenvalue weighted by Crippen LogP contribution is 2.44. The lowest BCUT2D eigenvalue weighted by Crippen LogP contribution is -2.25. The summed E-state index contributed by atoms with van der Waals surface area (Å²) in [5.41, 5.74) is 0.942. The maximum atomic E-state index is 14.3. The predicted molar refractivity (Wildman–Crippen MR) is 102 cm³/mol. The molecule has 0 saturated heterocycles. The van der Waals surface area contributed by atoms with Gasteiger partial charge in [0.05, 0.1) is 0 Å². The van der Waals surface area contributed by atoms with Crippen molar-refractivity contribution >= 4 is 0 Å². The van der Waals surface area contributed by atoms with Gasteiger partial charge in [-0.3, -0.25) is 0 Å². The lowest BCUT2D eigenvalue weighted by Gasteiger charge is -2.37. The van der Waals surface area contributed by atoms with Crippen molar-refractivity contribution in [2.24, 2.45) is 17.8 Å². The molecule has 144 valence electrons. The maximum Gasteiger partial charge on any atom is 0.129 e. The maximum absolute atomic E-state index is 14.3. The Hall–Kier alpha value is -1.22. The molecule has 0 spiro atoms. The van der Waals surface area contributed by atoms with Crippen LogP contribution in [-0.2, 0) is 6.42 Å². The summed E-state index contributed by atoms with van der Waals surface area (Å²) in [5.74, 6) is 1.72. The number of rotatable bonds is 6. The van der Waals surface area contributed by atoms with Gasteiger partial charge in [0, 0.05) is 12.2 Å². The Morgan fingerprint density at radius 3 is 1.96 bits per heavy atom. The first-order chi connectivity index (χ1) is 12.6. The molecule has 1 N–H and O–H groups in total. The zero-order valence-corrected chi connectivity index (χ0v) is 15.7. The van der Waals surface area contributed by atoms with E-state index in [-0.39, 0.29) is 24.5 Å². The van der Waals surface area contributed by atoms with Crippen LogP contribution in [0.2, 0.25) is 0 Å². The van der Waals surface area contributed by atoms with E-state index in [1.807, 2.05) is 0 Å². The van der Waals surface area contributed by atoms with Crippen LogP contribution in [0.5, 0.6) is 0 Å². The number of hydrogen-bond donors (Lipinski definition) is 1. The average molecular weight is 363 g/mol. The molecule has 3 rings (SSSR count). The third-order valence-corrected chi connectivity index (χ3v) is 6.81. The number of benzene rings is 1. The number of aliphatic hydroxyl groups excluding tert-OH is 1. The molecule has 0 aromatic heterocycles. The molecular formula is C23H32F2O. The molecule has 1 nitrogen and oxygen atoms in total. The SMILES string of the molecule is C=CC1CCC(C2CCC(c3cc(F)c(CCCO)c(F)c3)CC2)CC1. The standard InChI is InChI=1S/C23H32F2O/c1-2-16-5-7-17(8-6-16)18-9-11-19(12-10-18)20-14-22(24)21(4-3-13-26)23(25)15-20/h2,14-19,26H,1,3-13H2. The van der Waals surface area contributed by atoms with Gasteiger partial charge in [-0.2, -0.15) is 0 Å². The summed E-state index contributed by atoms with van der Waals surface area (Å²) in [6.07, 6.45) is 12.4. The summed E-state index contributed by atoms with van der Waals surface area (Å²) in [7, 11) is 0. The Kier molecular flexibility index (Phi) is 6.86. The zero-order chi connectivity index (χ0) is 18.5. The van der Waals surface area contributed by atoms with E-state index in [1.165, 1.54) is 50.7 Å². The van der Waals surface area contributed by atoms with Gasteiger partial charge < -0.3 is 5.11 Å². The van der Waals surface area contributed by atoms with E-state index in [2.05, 4.69) is 12.7 Å². The topological polar surface area (TPSA) is 20.2 Å². The largest absolute Gasteiger partial charge is 0.396 e. The van der Waals surface area contributed by atoms with Gasteiger partial charge in [0.15, 0.2) is 0 Å². The normalized spacial score (nSPS) is 29.5. The molecule has 1 aromatic rings. The Bertz CT molecular complexity index is 573. The molecule has 0 unspecified atom stereocenters. The summed E-state index contributed by atoms with van der Waals surface area (Å²) < 4.78 is 28.6. The van der Waals surface area contributed by atoms with Gasteiger partial charge in [0.1, 0.15) is 11.6 Å². The van der Waals surface area contributed by atoms with Gasteiger partial charge in [-0.05, 0) is 106 Å². The van der Waals surface area contributed by atoms with E-state index in [4.69, 9.17) is 5.11 Å². The minimum Gasteiger partial charge on any atom is -0.396 e. The van der Waals surface area contributed by atoms with E-state index >= 15 is 0 Å². The van der Waals surface area contributed by atoms with Crippen LogP contribution in [0.4, 0.5) is 8.78 Å². The number of halogens is 2. The van der Waals surface area contributed by atoms with Crippen LogP contribution >= 0.6 is 0 Å². The minimum atomic E-state index is -0.446. The highest BCUT2D eigenvalue weighted by atomic mass is 19.1. The van der Waals surface area contributed by atoms with Crippen LogP contribution in [-0.4, -0.2) is 11.7 Å². The summed E-state index contributed by atoms with van der Waals surface area (Å²) in [6.45, 7) is 3.89. The van der Waals surface area contributed by atoms with Gasteiger partial charge in [-0.25, -0.2) is 8.78 Å². The van der Waals surface area contributed by atoms with Crippen molar-refractivity contribution in [1.82, 2.24) is 0 Å². The zero-order valence-electron chi connectivity index (χ0n) is 15.7. The summed E-state index contributed by atoms with van der Waals surface area (Å²) in [5, 5.41) is 8.88. The first kappa shape index (κ1) is 19.5. The highest BCUT2D eigenvalue weighted by Gasteiger charge is 2.31. The molecule has 26 heavy (non-hydrogen) atoms. The average Bonchev–Trinajstić information content (AvgIpc) is 2.67. The summed E-state index contributed by atoms with van der Waals surface area (Å²) in [4.78, 5) is 0. The Morgan fingerprint density at radius 2 is 1.46 bits per heavy atom. The van der Waals surface area contributed by atoms with Crippen LogP contribution in [0, 0.1) is 29.4 Å². The molecule has 2 aliphatic rings. The second-order valence-electron chi connectivity index (χ2n) is 8.31. The lowest BCUT2D eigenvalue weighted by atomic mass is 9.68. The molecule has 0 aliphatic heterocycles. The molecule has 2 fully saturated rings. The second kappa shape index (κ2) is 9.12. The molecule has 0 atom stereocenters. The Labute approximate surface area is 156 Å². The van der Waals surface area contributed by atoms with Crippen LogP contribution in [0.15, 0.2) is 24.8 Å². The quantitative estimate of drug-likeness (QED) is 0.601. The van der Waals surface area contributed by atoms with E-state index in [0.717, 1.165) is 30.2 Å². The van der Waals surface area contributed by atoms with E-state index in [9.17, 15) is 8.78 Å². The van der Waals surface area contributed by atoms with Crippen molar-refractivity contribution in [3.8, 4) is 0 Å². The molecule has 0 bridgehead atoms. The first-order valence-corrected chi connectivity index (χ1v) is 10.3. The van der Waals surface area contributed by atoms with Crippen molar-refractivity contribution < 1.29 is 13.9 Å². The minimum absolute atomic E-state index is 0.0423. The molecule has 3 heteroatoms. The molecule has 0 radical (unpaired) electrons. The third kappa shape index (κ3) is 4.54. The molecule has 2 saturated carbocycles. The number of aliphatic hydroxyl groups is 1. The fourth-order valence-electron chi connectivity index (χ4n) is 5.13. The fourth-order valence-corrected chi connectivity index (χ4v) is 5.13. The Balaban J connectivity index is 1.57. The van der Waals surface area contributed by atoms with Crippen molar-refractivity contribution in [2.75, 3.05) is 6.61 Å². The smallest absolute Gasteiger partial charge is 0.129 e. The second-order valence-corrected chi connectivity index (χ2v) is 8.31. The van der Waals surface area contributed by atoms with Crippen LogP contribution in [0.25, 0.3) is 0 Å². The highest BCUT2D eigenvalue weighted by molar-refractivity contribution is 5.29. The van der Waals surface area contributed by atoms with E-state index < -0.39 is 11.6 Å². The third-order valence-electron chi connectivity index (χ3n) is 6.81. The van der Waals surface area contributed by atoms with Crippen molar-refractivity contribution in [3.05, 3.63) is 47.5 Å². The van der Waals surface area contributed by atoms with Gasteiger partial charge in [0.25, 0.3) is 0 Å². The van der Waals surface area contributed by atoms with E-state index in [1.54, 1.807) is 0 Å². The fraction of sp³-hybridized carbons (Fsp3) is 0.652. The molecule has 2 aliphatic carbocycles. The predicted octanol–water partition coefficient (Wildman–Crippen LogP) is 6.16. The van der Waals surface area contributed by atoms with Gasteiger partial charge in [0.2, 0.25) is 0 Å². The van der Waals surface area contributed by atoms with Crippen LogP contribution in [0.1, 0.15) is 74.8 Å². The number of allylic oxidation sites excluding steroid dienone is 1. The van der Waals surface area contributed by atoms with Gasteiger partial charge >= 0.3 is 0 Å². The molecule has 1 aromatic carbocycles. The molecular weight excluding hydrogens is 330 g/mol. The van der Waals surface area contributed by atoms with Crippen LogP contribution < -0.4 is 0 Å². The molecule has 0 amide bonds. The van der Waals surface area contributed by atoms with Gasteiger partial charge in [-0.15, -0.1) is 6.58 Å². The van der Waals surface area contributed by atoms with E-state index in [0.29, 0.717) is 12.3 Å².